The number of rotatable bonds is 3. The number of allylic oxidation sites excluding steroid dienone is 2. The molecular weight excluding hydrogens is 199 g/mol. The van der Waals surface area contributed by atoms with Gasteiger partial charge in [-0.15, -0.1) is 0 Å². The zero-order chi connectivity index (χ0) is 12.0. The molecule has 0 bridgehead atoms. The van der Waals surface area contributed by atoms with Crippen LogP contribution in [0.3, 0.4) is 0 Å². The second kappa shape index (κ2) is 6.16. The largest absolute Gasteiger partial charge is 0.475 e. The molecular formula is C10H17FN2O2. The average Bonchev–Trinajstić information content (AvgIpc) is 2.17. The minimum Gasteiger partial charge on any atom is -0.475 e. The van der Waals surface area contributed by atoms with E-state index in [2.05, 4.69) is 4.99 Å². The number of carboxylic acids is 1. The van der Waals surface area contributed by atoms with Gasteiger partial charge in [-0.05, 0) is 12.8 Å². The highest BCUT2D eigenvalue weighted by Gasteiger charge is 2.13. The Balaban J connectivity index is 5.20. The van der Waals surface area contributed by atoms with Crippen molar-refractivity contribution in [3.63, 3.8) is 0 Å². The van der Waals surface area contributed by atoms with E-state index in [4.69, 9.17) is 5.11 Å². The molecule has 5 heteroatoms. The molecule has 0 spiro atoms. The maximum Gasteiger partial charge on any atom is 0.371 e. The van der Waals surface area contributed by atoms with E-state index in [1.807, 2.05) is 0 Å². The summed E-state index contributed by atoms with van der Waals surface area (Å²) in [5, 5.41) is 8.83. The van der Waals surface area contributed by atoms with Crippen molar-refractivity contribution in [2.45, 2.75) is 26.7 Å². The summed E-state index contributed by atoms with van der Waals surface area (Å²) in [5.41, 5.74) is 0.198. The van der Waals surface area contributed by atoms with Crippen LogP contribution in [0, 0.1) is 0 Å². The molecule has 0 heterocycles. The highest BCUT2D eigenvalue weighted by Crippen LogP contribution is 2.15. The van der Waals surface area contributed by atoms with Crippen LogP contribution in [-0.2, 0) is 4.79 Å². The summed E-state index contributed by atoms with van der Waals surface area (Å²) in [7, 11) is 3.12. The van der Waals surface area contributed by atoms with Gasteiger partial charge in [0.2, 0.25) is 5.84 Å². The molecule has 15 heavy (non-hydrogen) atoms. The van der Waals surface area contributed by atoms with Crippen LogP contribution in [0.1, 0.15) is 26.7 Å². The number of hydrogen-bond acceptors (Lipinski definition) is 2. The lowest BCUT2D eigenvalue weighted by atomic mass is 10.2. The van der Waals surface area contributed by atoms with Crippen molar-refractivity contribution in [3.8, 4) is 0 Å². The first-order valence-corrected chi connectivity index (χ1v) is 4.80. The SMILES string of the molecule is CC/C(F)=C(\CC)N=C(C(=O)O)N(C)C. The van der Waals surface area contributed by atoms with Crippen molar-refractivity contribution in [2.24, 2.45) is 4.99 Å². The Morgan fingerprint density at radius 1 is 1.33 bits per heavy atom. The van der Waals surface area contributed by atoms with Gasteiger partial charge < -0.3 is 10.0 Å². The lowest BCUT2D eigenvalue weighted by Crippen LogP contribution is -2.30. The van der Waals surface area contributed by atoms with E-state index in [9.17, 15) is 9.18 Å². The third-order valence-corrected chi connectivity index (χ3v) is 1.81. The van der Waals surface area contributed by atoms with Crippen LogP contribution >= 0.6 is 0 Å². The predicted octanol–water partition coefficient (Wildman–Crippen LogP) is 2.03. The van der Waals surface area contributed by atoms with Gasteiger partial charge in [-0.1, -0.05) is 13.8 Å². The van der Waals surface area contributed by atoms with Crippen LogP contribution in [0.2, 0.25) is 0 Å². The van der Waals surface area contributed by atoms with Crippen LogP contribution in [0.4, 0.5) is 4.39 Å². The van der Waals surface area contributed by atoms with Crippen molar-refractivity contribution < 1.29 is 14.3 Å². The van der Waals surface area contributed by atoms with Crippen molar-refractivity contribution in [3.05, 3.63) is 11.5 Å². The van der Waals surface area contributed by atoms with Crippen LogP contribution in [0.5, 0.6) is 0 Å². The quantitative estimate of drug-likeness (QED) is 0.580. The first-order valence-electron chi connectivity index (χ1n) is 4.80. The fourth-order valence-corrected chi connectivity index (χ4v) is 1.00. The van der Waals surface area contributed by atoms with Crippen molar-refractivity contribution >= 4 is 11.8 Å². The number of hydrogen-bond donors (Lipinski definition) is 1. The molecule has 4 nitrogen and oxygen atoms in total. The fourth-order valence-electron chi connectivity index (χ4n) is 1.00. The maximum absolute atomic E-state index is 13.2. The monoisotopic (exact) mass is 216 g/mol. The number of carboxylic acid groups (broad SMARTS) is 1. The van der Waals surface area contributed by atoms with E-state index >= 15 is 0 Å². The number of likely N-dealkylation sites (N-methyl/N-ethyl adjacent to an activating group) is 1. The summed E-state index contributed by atoms with van der Waals surface area (Å²) >= 11 is 0. The van der Waals surface area contributed by atoms with Gasteiger partial charge in [0, 0.05) is 14.1 Å². The molecule has 0 aliphatic rings. The molecule has 1 N–H and O–H groups in total. The van der Waals surface area contributed by atoms with Crippen molar-refractivity contribution in [1.82, 2.24) is 4.90 Å². The summed E-state index contributed by atoms with van der Waals surface area (Å²) in [6.07, 6.45) is 0.608. The molecule has 0 fully saturated rings. The minimum absolute atomic E-state index is 0.157. The van der Waals surface area contributed by atoms with E-state index in [1.165, 1.54) is 4.90 Å². The average molecular weight is 216 g/mol. The van der Waals surface area contributed by atoms with Gasteiger partial charge in [-0.2, -0.15) is 0 Å². The van der Waals surface area contributed by atoms with Crippen molar-refractivity contribution in [1.29, 1.82) is 0 Å². The Hall–Kier alpha value is -1.39. The highest BCUT2D eigenvalue weighted by atomic mass is 19.1. The zero-order valence-electron chi connectivity index (χ0n) is 9.54. The van der Waals surface area contributed by atoms with E-state index in [0.29, 0.717) is 6.42 Å². The maximum atomic E-state index is 13.2. The molecule has 0 saturated heterocycles. The lowest BCUT2D eigenvalue weighted by molar-refractivity contribution is -0.130. The summed E-state index contributed by atoms with van der Waals surface area (Å²) in [5.74, 6) is -1.68. The van der Waals surface area contributed by atoms with Crippen LogP contribution < -0.4 is 0 Å². The van der Waals surface area contributed by atoms with Gasteiger partial charge in [-0.25, -0.2) is 14.2 Å². The summed E-state index contributed by atoms with van der Waals surface area (Å²) in [6.45, 7) is 3.40. The fraction of sp³-hybridized carbons (Fsp3) is 0.600. The lowest BCUT2D eigenvalue weighted by Gasteiger charge is -2.12. The Morgan fingerprint density at radius 3 is 2.13 bits per heavy atom. The molecule has 0 aromatic carbocycles. The third-order valence-electron chi connectivity index (χ3n) is 1.81. The van der Waals surface area contributed by atoms with Gasteiger partial charge in [0.15, 0.2) is 0 Å². The standard InChI is InChI=1S/C10H17FN2O2/c1-5-7(11)8(6-2)12-9(10(14)15)13(3)4/h5-6H2,1-4H3,(H,14,15)/b8-7-,12-9?. The number of carbonyl (C=O) groups is 1. The Bertz CT molecular complexity index is 296. The van der Waals surface area contributed by atoms with Gasteiger partial charge >= 0.3 is 5.97 Å². The molecule has 86 valence electrons. The van der Waals surface area contributed by atoms with Crippen molar-refractivity contribution in [2.75, 3.05) is 14.1 Å². The molecule has 0 atom stereocenters. The molecule has 0 aliphatic carbocycles. The van der Waals surface area contributed by atoms with Gasteiger partial charge in [0.1, 0.15) is 5.83 Å². The Morgan fingerprint density at radius 2 is 1.87 bits per heavy atom. The molecule has 0 aliphatic heterocycles. The number of amidine groups is 1. The summed E-state index contributed by atoms with van der Waals surface area (Å²) in [4.78, 5) is 15.9. The minimum atomic E-state index is -1.16. The smallest absolute Gasteiger partial charge is 0.371 e. The first-order chi connectivity index (χ1) is 6.93. The molecule has 0 radical (unpaired) electrons. The van der Waals surface area contributed by atoms with E-state index in [1.54, 1.807) is 27.9 Å². The number of nitrogens with zero attached hydrogens (tertiary/aromatic N) is 2. The van der Waals surface area contributed by atoms with E-state index in [0.717, 1.165) is 0 Å². The molecule has 0 saturated carbocycles. The molecule has 0 amide bonds. The molecule has 0 aromatic rings. The van der Waals surface area contributed by atoms with Crippen LogP contribution in [0.15, 0.2) is 16.5 Å². The Kier molecular flexibility index (Phi) is 5.59. The summed E-state index contributed by atoms with van der Waals surface area (Å²) in [6, 6.07) is 0. The normalized spacial score (nSPS) is 13.5. The van der Waals surface area contributed by atoms with Crippen LogP contribution in [0.25, 0.3) is 0 Å². The highest BCUT2D eigenvalue weighted by molar-refractivity contribution is 6.34. The number of aliphatic carboxylic acids is 1. The predicted molar refractivity (Wildman–Crippen MR) is 57.5 cm³/mol. The van der Waals surface area contributed by atoms with Gasteiger partial charge in [0.05, 0.1) is 5.70 Å². The zero-order valence-corrected chi connectivity index (χ0v) is 9.54. The number of halogens is 1. The summed E-state index contributed by atoms with van der Waals surface area (Å²) < 4.78 is 13.2. The number of aliphatic imine (C=N–C) groups is 1. The van der Waals surface area contributed by atoms with E-state index in [-0.39, 0.29) is 23.8 Å². The second-order valence-electron chi connectivity index (χ2n) is 3.19. The molecule has 0 unspecified atom stereocenters. The third kappa shape index (κ3) is 4.10. The van der Waals surface area contributed by atoms with Gasteiger partial charge in [-0.3, -0.25) is 0 Å². The molecule has 0 aromatic heterocycles. The Labute approximate surface area is 89.1 Å². The van der Waals surface area contributed by atoms with E-state index < -0.39 is 5.97 Å². The first kappa shape index (κ1) is 13.6. The topological polar surface area (TPSA) is 52.9 Å². The molecule has 0 rings (SSSR count). The second-order valence-corrected chi connectivity index (χ2v) is 3.19. The van der Waals surface area contributed by atoms with Gasteiger partial charge in [0.25, 0.3) is 0 Å². The van der Waals surface area contributed by atoms with Crippen LogP contribution in [-0.4, -0.2) is 35.9 Å².